The fourth-order valence-corrected chi connectivity index (χ4v) is 7.05. The smallest absolute Gasteiger partial charge is 0.269 e. The second-order valence-electron chi connectivity index (χ2n) is 8.60. The van der Waals surface area contributed by atoms with Crippen LogP contribution in [0.25, 0.3) is 10.6 Å². The van der Waals surface area contributed by atoms with Crippen LogP contribution in [0.5, 0.6) is 5.75 Å². The Labute approximate surface area is 233 Å². The number of thiazole rings is 1. The number of hydrogen-bond acceptors (Lipinski definition) is 8. The molecule has 0 radical (unpaired) electrons. The number of benzene rings is 2. The molecular weight excluding hydrogens is 557 g/mol. The van der Waals surface area contributed by atoms with Gasteiger partial charge in [0.15, 0.2) is 0 Å². The summed E-state index contributed by atoms with van der Waals surface area (Å²) in [5.41, 5.74) is 2.50. The third kappa shape index (κ3) is 6.09. The van der Waals surface area contributed by atoms with Crippen molar-refractivity contribution < 1.29 is 18.1 Å². The first-order valence-electron chi connectivity index (χ1n) is 11.8. The lowest BCUT2D eigenvalue weighted by Crippen LogP contribution is -2.31. The minimum atomic E-state index is -3.94. The number of hydrogen-bond donors (Lipinski definition) is 0. The van der Waals surface area contributed by atoms with Crippen molar-refractivity contribution in [2.75, 3.05) is 7.11 Å². The summed E-state index contributed by atoms with van der Waals surface area (Å²) in [6.45, 7) is 0.791. The van der Waals surface area contributed by atoms with Gasteiger partial charge in [-0.3, -0.25) is 10.1 Å². The molecule has 3 heterocycles. The molecule has 39 heavy (non-hydrogen) atoms. The third-order valence-electron chi connectivity index (χ3n) is 6.08. The number of nitro groups is 1. The summed E-state index contributed by atoms with van der Waals surface area (Å²) in [5.74, 6) is 0.781. The molecule has 0 N–H and O–H groups in total. The van der Waals surface area contributed by atoms with Gasteiger partial charge in [0, 0.05) is 46.4 Å². The van der Waals surface area contributed by atoms with Gasteiger partial charge in [-0.05, 0) is 60.0 Å². The van der Waals surface area contributed by atoms with E-state index >= 15 is 0 Å². The first-order valence-corrected chi connectivity index (χ1v) is 15.0. The molecule has 0 aliphatic rings. The molecule has 12 heteroatoms. The zero-order valence-corrected chi connectivity index (χ0v) is 23.3. The van der Waals surface area contributed by atoms with Crippen LogP contribution in [0.2, 0.25) is 0 Å². The summed E-state index contributed by atoms with van der Waals surface area (Å²) in [7, 11) is -2.31. The minimum absolute atomic E-state index is 0.00592. The summed E-state index contributed by atoms with van der Waals surface area (Å²) >= 11 is 3.02. The molecule has 9 nitrogen and oxygen atoms in total. The number of sulfonamides is 1. The van der Waals surface area contributed by atoms with E-state index in [-0.39, 0.29) is 23.7 Å². The summed E-state index contributed by atoms with van der Waals surface area (Å²) < 4.78 is 36.0. The molecule has 0 aliphatic heterocycles. The highest BCUT2D eigenvalue weighted by molar-refractivity contribution is 7.89. The molecule has 0 saturated carbocycles. The molecule has 0 fully saturated rings. The third-order valence-corrected chi connectivity index (χ3v) is 9.69. The lowest BCUT2D eigenvalue weighted by Gasteiger charge is -2.22. The van der Waals surface area contributed by atoms with Crippen molar-refractivity contribution in [2.45, 2.75) is 24.5 Å². The van der Waals surface area contributed by atoms with E-state index < -0.39 is 14.9 Å². The second-order valence-corrected chi connectivity index (χ2v) is 12.4. The lowest BCUT2D eigenvalue weighted by molar-refractivity contribution is -0.384. The second kappa shape index (κ2) is 11.5. The Hall–Kier alpha value is -3.84. The van der Waals surface area contributed by atoms with Gasteiger partial charge in [-0.1, -0.05) is 6.07 Å². The summed E-state index contributed by atoms with van der Waals surface area (Å²) in [6.07, 6.45) is 1.91. The predicted octanol–water partition coefficient (Wildman–Crippen LogP) is 6.03. The maximum Gasteiger partial charge on any atom is 0.269 e. The number of ether oxygens (including phenoxy) is 1. The van der Waals surface area contributed by atoms with Crippen LogP contribution in [-0.4, -0.2) is 34.3 Å². The number of non-ortho nitro benzene ring substituents is 1. The quantitative estimate of drug-likeness (QED) is 0.139. The highest BCUT2D eigenvalue weighted by atomic mass is 32.2. The zero-order valence-electron chi connectivity index (χ0n) is 20.8. The molecular formula is C27H24N4O5S3. The van der Waals surface area contributed by atoms with Crippen LogP contribution in [0.4, 0.5) is 5.69 Å². The Balaban J connectivity index is 1.39. The summed E-state index contributed by atoms with van der Waals surface area (Å²) in [6, 6.07) is 20.2. The highest BCUT2D eigenvalue weighted by Crippen LogP contribution is 2.28. The van der Waals surface area contributed by atoms with Crippen molar-refractivity contribution in [1.29, 1.82) is 0 Å². The predicted molar refractivity (Wildman–Crippen MR) is 151 cm³/mol. The monoisotopic (exact) mass is 580 g/mol. The van der Waals surface area contributed by atoms with Crippen LogP contribution in [0.15, 0.2) is 94.6 Å². The Morgan fingerprint density at radius 3 is 2.44 bits per heavy atom. The summed E-state index contributed by atoms with van der Waals surface area (Å²) in [4.78, 5) is 16.2. The van der Waals surface area contributed by atoms with Crippen LogP contribution < -0.4 is 4.74 Å². The first kappa shape index (κ1) is 26.8. The zero-order chi connectivity index (χ0) is 27.4. The molecule has 2 aromatic carbocycles. The van der Waals surface area contributed by atoms with E-state index in [2.05, 4.69) is 0 Å². The van der Waals surface area contributed by atoms with Crippen LogP contribution in [0.3, 0.4) is 0 Å². The van der Waals surface area contributed by atoms with Crippen molar-refractivity contribution in [3.05, 3.63) is 116 Å². The number of methoxy groups -OCH3 is 1. The summed E-state index contributed by atoms with van der Waals surface area (Å²) in [5, 5.41) is 15.8. The molecule has 5 rings (SSSR count). The van der Waals surface area contributed by atoms with Gasteiger partial charge in [-0.25, -0.2) is 13.4 Å². The average Bonchev–Trinajstić information content (AvgIpc) is 3.72. The van der Waals surface area contributed by atoms with Gasteiger partial charge < -0.3 is 9.30 Å². The SMILES string of the molecule is COc1ccc(-c2nc(Cn3cccc3CN(Cc3cccs3)S(=O)(=O)c3ccc([N+](=O)[O-])cc3)cs2)cc1. The van der Waals surface area contributed by atoms with Crippen molar-refractivity contribution >= 4 is 38.4 Å². The molecule has 0 unspecified atom stereocenters. The van der Waals surface area contributed by atoms with Gasteiger partial charge in [0.25, 0.3) is 5.69 Å². The van der Waals surface area contributed by atoms with Gasteiger partial charge >= 0.3 is 0 Å². The number of nitro benzene ring substituents is 1. The number of thiophene rings is 1. The molecule has 3 aromatic heterocycles. The fraction of sp³-hybridized carbons (Fsp3) is 0.148. The van der Waals surface area contributed by atoms with Gasteiger partial charge in [0.1, 0.15) is 10.8 Å². The Morgan fingerprint density at radius 2 is 1.77 bits per heavy atom. The average molecular weight is 581 g/mol. The molecule has 0 spiro atoms. The topological polar surface area (TPSA) is 108 Å². The highest BCUT2D eigenvalue weighted by Gasteiger charge is 2.27. The minimum Gasteiger partial charge on any atom is -0.497 e. The Morgan fingerprint density at radius 1 is 1.00 bits per heavy atom. The molecule has 0 aliphatic carbocycles. The standard InChI is InChI=1S/C27H24N4O5S3/c1-36-24-10-6-20(7-11-24)27-28-21(19-38-27)16-29-14-2-4-23(29)17-30(18-25-5-3-15-37-25)39(34,35)26-12-8-22(9-13-26)31(32)33/h2-15,19H,16-18H2,1H3. The van der Waals surface area contributed by atoms with Gasteiger partial charge in [0.2, 0.25) is 10.0 Å². The van der Waals surface area contributed by atoms with E-state index in [1.54, 1.807) is 18.4 Å². The van der Waals surface area contributed by atoms with Crippen molar-refractivity contribution in [3.8, 4) is 16.3 Å². The number of rotatable bonds is 11. The Kier molecular flexibility index (Phi) is 7.89. The fourth-order valence-electron chi connectivity index (χ4n) is 4.04. The van der Waals surface area contributed by atoms with Gasteiger partial charge in [0.05, 0.1) is 35.7 Å². The molecule has 5 aromatic rings. The maximum atomic E-state index is 13.7. The number of nitrogens with zero attached hydrogens (tertiary/aromatic N) is 4. The van der Waals surface area contributed by atoms with E-state index in [1.807, 2.05) is 70.1 Å². The largest absolute Gasteiger partial charge is 0.497 e. The molecule has 200 valence electrons. The van der Waals surface area contributed by atoms with Gasteiger partial charge in [-0.15, -0.1) is 22.7 Å². The van der Waals surface area contributed by atoms with E-state index in [4.69, 9.17) is 9.72 Å². The van der Waals surface area contributed by atoms with Crippen LogP contribution in [-0.2, 0) is 29.7 Å². The molecule has 0 atom stereocenters. The van der Waals surface area contributed by atoms with Gasteiger partial charge in [-0.2, -0.15) is 4.31 Å². The van der Waals surface area contributed by atoms with E-state index in [1.165, 1.54) is 39.9 Å². The van der Waals surface area contributed by atoms with Crippen LogP contribution in [0.1, 0.15) is 16.3 Å². The molecule has 0 bridgehead atoms. The van der Waals surface area contributed by atoms with Crippen LogP contribution >= 0.6 is 22.7 Å². The lowest BCUT2D eigenvalue weighted by atomic mass is 10.2. The van der Waals surface area contributed by atoms with E-state index in [0.717, 1.165) is 32.6 Å². The maximum absolute atomic E-state index is 13.7. The van der Waals surface area contributed by atoms with Crippen LogP contribution in [0, 0.1) is 10.1 Å². The van der Waals surface area contributed by atoms with Crippen molar-refractivity contribution in [1.82, 2.24) is 13.9 Å². The van der Waals surface area contributed by atoms with Crippen molar-refractivity contribution in [3.63, 3.8) is 0 Å². The first-order chi connectivity index (χ1) is 18.8. The van der Waals surface area contributed by atoms with E-state index in [9.17, 15) is 18.5 Å². The molecule has 0 saturated heterocycles. The normalized spacial score (nSPS) is 11.6. The van der Waals surface area contributed by atoms with E-state index in [0.29, 0.717) is 6.54 Å². The number of aromatic nitrogens is 2. The molecule has 0 amide bonds. The Bertz CT molecular complexity index is 1660. The van der Waals surface area contributed by atoms with Crippen molar-refractivity contribution in [2.24, 2.45) is 0 Å².